The first kappa shape index (κ1) is 13.0. The summed E-state index contributed by atoms with van der Waals surface area (Å²) in [4.78, 5) is 36.9. The second kappa shape index (κ2) is 5.06. The Morgan fingerprint density at radius 2 is 1.83 bits per heavy atom. The van der Waals surface area contributed by atoms with Crippen LogP contribution in [0.25, 0.3) is 0 Å². The molecular formula is C12H18N2O4. The molecule has 6 nitrogen and oxygen atoms in total. The standard InChI is InChI=1S/C12H18N2O4/c1-8(12(17)18)9-6-13(7-9)4-5-14-10(15)2-3-11(14)16/h8-9H,2-7H2,1H3,(H,17,18). The van der Waals surface area contributed by atoms with Crippen LogP contribution in [-0.4, -0.2) is 58.9 Å². The van der Waals surface area contributed by atoms with Crippen LogP contribution >= 0.6 is 0 Å². The van der Waals surface area contributed by atoms with E-state index in [9.17, 15) is 14.4 Å². The van der Waals surface area contributed by atoms with Gasteiger partial charge in [0.2, 0.25) is 11.8 Å². The number of carbonyl (C=O) groups excluding carboxylic acids is 2. The highest BCUT2D eigenvalue weighted by Crippen LogP contribution is 2.24. The Balaban J connectivity index is 1.70. The first-order valence-corrected chi connectivity index (χ1v) is 6.27. The van der Waals surface area contributed by atoms with Crippen molar-refractivity contribution in [1.29, 1.82) is 0 Å². The number of carboxylic acid groups (broad SMARTS) is 1. The van der Waals surface area contributed by atoms with Crippen LogP contribution in [0.2, 0.25) is 0 Å². The van der Waals surface area contributed by atoms with Crippen LogP contribution in [0.4, 0.5) is 0 Å². The maximum Gasteiger partial charge on any atom is 0.306 e. The summed E-state index contributed by atoms with van der Waals surface area (Å²) >= 11 is 0. The summed E-state index contributed by atoms with van der Waals surface area (Å²) in [5.74, 6) is -1.07. The number of aliphatic carboxylic acids is 1. The Morgan fingerprint density at radius 1 is 1.28 bits per heavy atom. The minimum atomic E-state index is -0.760. The molecule has 18 heavy (non-hydrogen) atoms. The van der Waals surface area contributed by atoms with Crippen LogP contribution in [0, 0.1) is 11.8 Å². The predicted molar refractivity (Wildman–Crippen MR) is 62.7 cm³/mol. The highest BCUT2D eigenvalue weighted by atomic mass is 16.4. The van der Waals surface area contributed by atoms with E-state index < -0.39 is 5.97 Å². The molecule has 0 saturated carbocycles. The number of nitrogens with zero attached hydrogens (tertiary/aromatic N) is 2. The van der Waals surface area contributed by atoms with Crippen molar-refractivity contribution in [3.05, 3.63) is 0 Å². The third-order valence-electron chi connectivity index (χ3n) is 3.88. The molecule has 2 amide bonds. The number of hydrogen-bond acceptors (Lipinski definition) is 4. The van der Waals surface area contributed by atoms with Crippen molar-refractivity contribution >= 4 is 17.8 Å². The average molecular weight is 254 g/mol. The highest BCUT2D eigenvalue weighted by molar-refractivity contribution is 6.01. The maximum atomic E-state index is 11.4. The zero-order chi connectivity index (χ0) is 13.3. The van der Waals surface area contributed by atoms with Gasteiger partial charge in [0, 0.05) is 39.0 Å². The Morgan fingerprint density at radius 3 is 2.33 bits per heavy atom. The molecule has 2 saturated heterocycles. The molecule has 2 fully saturated rings. The average Bonchev–Trinajstić information content (AvgIpc) is 2.57. The monoisotopic (exact) mass is 254 g/mol. The van der Waals surface area contributed by atoms with Gasteiger partial charge in [-0.2, -0.15) is 0 Å². The van der Waals surface area contributed by atoms with E-state index in [2.05, 4.69) is 4.90 Å². The van der Waals surface area contributed by atoms with Gasteiger partial charge in [0.05, 0.1) is 5.92 Å². The Kier molecular flexibility index (Phi) is 3.65. The Hall–Kier alpha value is -1.43. The minimum Gasteiger partial charge on any atom is -0.481 e. The van der Waals surface area contributed by atoms with Crippen molar-refractivity contribution in [2.45, 2.75) is 19.8 Å². The summed E-state index contributed by atoms with van der Waals surface area (Å²) < 4.78 is 0. The van der Waals surface area contributed by atoms with Crippen molar-refractivity contribution in [3.63, 3.8) is 0 Å². The summed E-state index contributed by atoms with van der Waals surface area (Å²) in [6.45, 7) is 4.29. The van der Waals surface area contributed by atoms with E-state index in [0.29, 0.717) is 25.9 Å². The third kappa shape index (κ3) is 2.53. The van der Waals surface area contributed by atoms with Crippen LogP contribution in [0.15, 0.2) is 0 Å². The molecule has 0 radical (unpaired) electrons. The number of likely N-dealkylation sites (tertiary alicyclic amines) is 2. The van der Waals surface area contributed by atoms with E-state index in [1.165, 1.54) is 4.90 Å². The van der Waals surface area contributed by atoms with Crippen molar-refractivity contribution in [2.75, 3.05) is 26.2 Å². The first-order chi connectivity index (χ1) is 8.49. The number of carbonyl (C=O) groups is 3. The quantitative estimate of drug-likeness (QED) is 0.687. The van der Waals surface area contributed by atoms with Gasteiger partial charge in [-0.25, -0.2) is 0 Å². The van der Waals surface area contributed by atoms with Gasteiger partial charge in [0.25, 0.3) is 0 Å². The van der Waals surface area contributed by atoms with E-state index in [1.54, 1.807) is 6.92 Å². The predicted octanol–water partition coefficient (Wildman–Crippen LogP) is -0.212. The molecule has 2 aliphatic rings. The summed E-state index contributed by atoms with van der Waals surface area (Å²) in [5, 5.41) is 8.86. The van der Waals surface area contributed by atoms with Crippen molar-refractivity contribution < 1.29 is 19.5 Å². The SMILES string of the molecule is CC(C(=O)O)C1CN(CCN2C(=O)CCC2=O)C1. The number of hydrogen-bond donors (Lipinski definition) is 1. The molecule has 2 rings (SSSR count). The lowest BCUT2D eigenvalue weighted by molar-refractivity contribution is -0.145. The molecule has 0 aromatic heterocycles. The molecule has 0 aliphatic carbocycles. The van der Waals surface area contributed by atoms with Gasteiger partial charge >= 0.3 is 5.97 Å². The molecule has 0 aromatic rings. The second-order valence-corrected chi connectivity index (χ2v) is 5.09. The van der Waals surface area contributed by atoms with Gasteiger partial charge in [0.1, 0.15) is 0 Å². The number of rotatable bonds is 5. The summed E-state index contributed by atoms with van der Waals surface area (Å²) in [6.07, 6.45) is 0.662. The van der Waals surface area contributed by atoms with Gasteiger partial charge in [-0.3, -0.25) is 19.3 Å². The van der Waals surface area contributed by atoms with Crippen LogP contribution in [0.3, 0.4) is 0 Å². The fraction of sp³-hybridized carbons (Fsp3) is 0.750. The minimum absolute atomic E-state index is 0.0871. The summed E-state index contributed by atoms with van der Waals surface area (Å²) in [7, 11) is 0. The smallest absolute Gasteiger partial charge is 0.306 e. The van der Waals surface area contributed by atoms with E-state index in [0.717, 1.165) is 13.1 Å². The molecule has 2 heterocycles. The van der Waals surface area contributed by atoms with E-state index in [4.69, 9.17) is 5.11 Å². The third-order valence-corrected chi connectivity index (χ3v) is 3.88. The number of amides is 2. The molecule has 0 aromatic carbocycles. The molecule has 100 valence electrons. The fourth-order valence-corrected chi connectivity index (χ4v) is 2.42. The largest absolute Gasteiger partial charge is 0.481 e. The zero-order valence-corrected chi connectivity index (χ0v) is 10.5. The normalized spacial score (nSPS) is 23.3. The molecule has 1 atom stereocenters. The van der Waals surface area contributed by atoms with Crippen LogP contribution in [0.1, 0.15) is 19.8 Å². The molecular weight excluding hydrogens is 236 g/mol. The molecule has 0 bridgehead atoms. The molecule has 1 N–H and O–H groups in total. The van der Waals surface area contributed by atoms with Gasteiger partial charge in [-0.05, 0) is 5.92 Å². The molecule has 2 aliphatic heterocycles. The summed E-state index contributed by atoms with van der Waals surface area (Å²) in [5.41, 5.74) is 0. The van der Waals surface area contributed by atoms with Crippen molar-refractivity contribution in [2.24, 2.45) is 11.8 Å². The molecule has 6 heteroatoms. The zero-order valence-electron chi connectivity index (χ0n) is 10.5. The van der Waals surface area contributed by atoms with Crippen molar-refractivity contribution in [1.82, 2.24) is 9.80 Å². The lowest BCUT2D eigenvalue weighted by Crippen LogP contribution is -2.53. The van der Waals surface area contributed by atoms with Crippen molar-refractivity contribution in [3.8, 4) is 0 Å². The fourth-order valence-electron chi connectivity index (χ4n) is 2.42. The molecule has 0 spiro atoms. The van der Waals surface area contributed by atoms with Gasteiger partial charge in [0.15, 0.2) is 0 Å². The second-order valence-electron chi connectivity index (χ2n) is 5.09. The Bertz CT molecular complexity index is 360. The number of imide groups is 1. The van der Waals surface area contributed by atoms with Crippen LogP contribution in [-0.2, 0) is 14.4 Å². The van der Waals surface area contributed by atoms with Gasteiger partial charge in [-0.1, -0.05) is 6.92 Å². The highest BCUT2D eigenvalue weighted by Gasteiger charge is 2.35. The van der Waals surface area contributed by atoms with E-state index >= 15 is 0 Å². The first-order valence-electron chi connectivity index (χ1n) is 6.27. The van der Waals surface area contributed by atoms with Crippen LogP contribution < -0.4 is 0 Å². The Labute approximate surface area is 106 Å². The molecule has 1 unspecified atom stereocenters. The van der Waals surface area contributed by atoms with E-state index in [-0.39, 0.29) is 23.7 Å². The number of carboxylic acids is 1. The summed E-state index contributed by atoms with van der Waals surface area (Å²) in [6, 6.07) is 0. The van der Waals surface area contributed by atoms with Crippen LogP contribution in [0.5, 0.6) is 0 Å². The van der Waals surface area contributed by atoms with E-state index in [1.807, 2.05) is 0 Å². The lowest BCUT2D eigenvalue weighted by atomic mass is 9.87. The van der Waals surface area contributed by atoms with Gasteiger partial charge in [-0.15, -0.1) is 0 Å². The lowest BCUT2D eigenvalue weighted by Gasteiger charge is -2.41. The maximum absolute atomic E-state index is 11.4. The van der Waals surface area contributed by atoms with Gasteiger partial charge < -0.3 is 10.0 Å². The topological polar surface area (TPSA) is 77.9 Å².